The molecule has 1 rings (SSSR count). The van der Waals surface area contributed by atoms with Crippen LogP contribution in [0.15, 0.2) is 12.4 Å². The second-order valence-electron chi connectivity index (χ2n) is 4.12. The van der Waals surface area contributed by atoms with Crippen molar-refractivity contribution in [2.75, 3.05) is 31.2 Å². The lowest BCUT2D eigenvalue weighted by Gasteiger charge is -2.17. The molecule has 1 aromatic rings. The molecule has 0 saturated heterocycles. The molecule has 0 bridgehead atoms. The van der Waals surface area contributed by atoms with Crippen molar-refractivity contribution in [1.29, 1.82) is 0 Å². The van der Waals surface area contributed by atoms with Gasteiger partial charge in [-0.15, -0.1) is 0 Å². The number of rotatable bonds is 7. The summed E-state index contributed by atoms with van der Waals surface area (Å²) >= 11 is 0. The number of hydrogen-bond donors (Lipinski definition) is 1. The maximum atomic E-state index is 11.3. The first kappa shape index (κ1) is 14.8. The molecule has 18 heavy (non-hydrogen) atoms. The van der Waals surface area contributed by atoms with E-state index >= 15 is 0 Å². The van der Waals surface area contributed by atoms with Crippen LogP contribution in [0.2, 0.25) is 0 Å². The maximum Gasteiger partial charge on any atom is 0.222 e. The first-order valence-corrected chi connectivity index (χ1v) is 7.76. The zero-order valence-electron chi connectivity index (χ0n) is 11.0. The largest absolute Gasteiger partial charge is 0.354 e. The zero-order valence-corrected chi connectivity index (χ0v) is 11.9. The predicted octanol–water partition coefficient (Wildman–Crippen LogP) is 0.869. The van der Waals surface area contributed by atoms with Crippen molar-refractivity contribution in [3.8, 4) is 0 Å². The molecule has 1 heterocycles. The summed E-state index contributed by atoms with van der Waals surface area (Å²) in [4.78, 5) is 8.22. The van der Waals surface area contributed by atoms with Crippen molar-refractivity contribution >= 4 is 16.0 Å². The Bertz CT molecular complexity index is 458. The highest BCUT2D eigenvalue weighted by atomic mass is 32.2. The molecule has 0 amide bonds. The van der Waals surface area contributed by atoms with Crippen molar-refractivity contribution in [1.82, 2.24) is 14.3 Å². The second kappa shape index (κ2) is 6.65. The van der Waals surface area contributed by atoms with Crippen molar-refractivity contribution in [2.45, 2.75) is 20.3 Å². The number of sulfonamides is 1. The highest BCUT2D eigenvalue weighted by Crippen LogP contribution is 2.01. The Balaban J connectivity index is 2.32. The lowest BCUT2D eigenvalue weighted by Crippen LogP contribution is -2.31. The lowest BCUT2D eigenvalue weighted by molar-refractivity contribution is 0.428. The predicted molar refractivity (Wildman–Crippen MR) is 72.0 cm³/mol. The van der Waals surface area contributed by atoms with Crippen LogP contribution in [-0.2, 0) is 10.0 Å². The van der Waals surface area contributed by atoms with Crippen LogP contribution in [0.4, 0.5) is 5.95 Å². The molecule has 0 saturated carbocycles. The Morgan fingerprint density at radius 1 is 1.33 bits per heavy atom. The van der Waals surface area contributed by atoms with E-state index in [1.165, 1.54) is 10.6 Å². The van der Waals surface area contributed by atoms with Gasteiger partial charge in [-0.2, -0.15) is 0 Å². The molecule has 0 spiro atoms. The van der Waals surface area contributed by atoms with Gasteiger partial charge in [-0.3, -0.25) is 0 Å². The number of hydrogen-bond acceptors (Lipinski definition) is 5. The monoisotopic (exact) mass is 272 g/mol. The number of nitrogens with one attached hydrogen (secondary N) is 1. The van der Waals surface area contributed by atoms with E-state index in [4.69, 9.17) is 0 Å². The van der Waals surface area contributed by atoms with Crippen LogP contribution >= 0.6 is 0 Å². The molecule has 6 nitrogen and oxygen atoms in total. The zero-order chi connectivity index (χ0) is 13.6. The molecule has 0 atom stereocenters. The summed E-state index contributed by atoms with van der Waals surface area (Å²) in [5.74, 6) is 0.572. The van der Waals surface area contributed by atoms with Gasteiger partial charge < -0.3 is 5.32 Å². The first-order chi connectivity index (χ1) is 8.43. The van der Waals surface area contributed by atoms with Crippen molar-refractivity contribution in [3.63, 3.8) is 0 Å². The van der Waals surface area contributed by atoms with Crippen molar-refractivity contribution < 1.29 is 8.42 Å². The molecule has 0 unspecified atom stereocenters. The van der Waals surface area contributed by atoms with E-state index in [0.29, 0.717) is 25.6 Å². The van der Waals surface area contributed by atoms with Gasteiger partial charge in [0.2, 0.25) is 16.0 Å². The van der Waals surface area contributed by atoms with Crippen molar-refractivity contribution in [2.24, 2.45) is 0 Å². The fourth-order valence-corrected chi connectivity index (χ4v) is 2.43. The fraction of sp³-hybridized carbons (Fsp3) is 0.636. The normalized spacial score (nSPS) is 11.8. The van der Waals surface area contributed by atoms with E-state index in [1.807, 2.05) is 13.8 Å². The number of aryl methyl sites for hydroxylation is 1. The van der Waals surface area contributed by atoms with Crippen molar-refractivity contribution in [3.05, 3.63) is 18.0 Å². The van der Waals surface area contributed by atoms with E-state index in [1.54, 1.807) is 12.4 Å². The Morgan fingerprint density at radius 2 is 1.94 bits per heavy atom. The van der Waals surface area contributed by atoms with Gasteiger partial charge in [0.15, 0.2) is 0 Å². The van der Waals surface area contributed by atoms with E-state index in [0.717, 1.165) is 12.0 Å². The van der Waals surface area contributed by atoms with Crippen LogP contribution in [0.25, 0.3) is 0 Å². The van der Waals surface area contributed by atoms with E-state index < -0.39 is 10.0 Å². The Hall–Kier alpha value is -1.21. The van der Waals surface area contributed by atoms with Crippen LogP contribution in [0.1, 0.15) is 18.9 Å². The quantitative estimate of drug-likeness (QED) is 0.745. The molecule has 1 aromatic heterocycles. The van der Waals surface area contributed by atoms with E-state index in [-0.39, 0.29) is 0 Å². The average Bonchev–Trinajstić information content (AvgIpc) is 2.30. The minimum Gasteiger partial charge on any atom is -0.354 e. The highest BCUT2D eigenvalue weighted by molar-refractivity contribution is 7.88. The summed E-state index contributed by atoms with van der Waals surface area (Å²) in [6, 6.07) is 0. The Labute approximate surface area is 108 Å². The Morgan fingerprint density at radius 3 is 2.44 bits per heavy atom. The summed E-state index contributed by atoms with van der Waals surface area (Å²) in [6.45, 7) is 5.41. The molecular weight excluding hydrogens is 252 g/mol. The number of nitrogens with zero attached hydrogens (tertiary/aromatic N) is 3. The molecule has 1 N–H and O–H groups in total. The SMILES string of the molecule is CCN(CCCNc1ncc(C)cn1)S(C)(=O)=O. The molecule has 7 heteroatoms. The van der Waals surface area contributed by atoms with E-state index in [2.05, 4.69) is 15.3 Å². The van der Waals surface area contributed by atoms with Gasteiger partial charge in [-0.1, -0.05) is 6.92 Å². The van der Waals surface area contributed by atoms with Gasteiger partial charge in [0, 0.05) is 32.0 Å². The summed E-state index contributed by atoms with van der Waals surface area (Å²) in [5, 5.41) is 3.06. The maximum absolute atomic E-state index is 11.3. The summed E-state index contributed by atoms with van der Waals surface area (Å²) in [5.41, 5.74) is 1.01. The van der Waals surface area contributed by atoms with Crippen LogP contribution in [0, 0.1) is 6.92 Å². The third-order valence-electron chi connectivity index (χ3n) is 2.47. The molecule has 0 aliphatic rings. The number of anilines is 1. The summed E-state index contributed by atoms with van der Waals surface area (Å²) in [7, 11) is -3.09. The standard InChI is InChI=1S/C11H20N4O2S/c1-4-15(18(3,16)17)7-5-6-12-11-13-8-10(2)9-14-11/h8-9H,4-7H2,1-3H3,(H,12,13,14). The first-order valence-electron chi connectivity index (χ1n) is 5.91. The van der Waals surface area contributed by atoms with Crippen LogP contribution in [0.3, 0.4) is 0 Å². The van der Waals surface area contributed by atoms with Crippen LogP contribution < -0.4 is 5.32 Å². The molecular formula is C11H20N4O2S. The van der Waals surface area contributed by atoms with Gasteiger partial charge in [0.05, 0.1) is 6.26 Å². The lowest BCUT2D eigenvalue weighted by atomic mass is 10.4. The minimum absolute atomic E-state index is 0.500. The second-order valence-corrected chi connectivity index (χ2v) is 6.10. The van der Waals surface area contributed by atoms with E-state index in [9.17, 15) is 8.42 Å². The minimum atomic E-state index is -3.09. The van der Waals surface area contributed by atoms with Gasteiger partial charge in [-0.25, -0.2) is 22.7 Å². The number of aromatic nitrogens is 2. The molecule has 102 valence electrons. The Kier molecular flexibility index (Phi) is 5.49. The molecule has 0 aliphatic heterocycles. The third-order valence-corrected chi connectivity index (χ3v) is 3.85. The highest BCUT2D eigenvalue weighted by Gasteiger charge is 2.12. The average molecular weight is 272 g/mol. The third kappa shape index (κ3) is 4.97. The summed E-state index contributed by atoms with van der Waals surface area (Å²) in [6.07, 6.45) is 5.43. The van der Waals surface area contributed by atoms with Crippen LogP contribution in [0.5, 0.6) is 0 Å². The molecule has 0 fully saturated rings. The van der Waals surface area contributed by atoms with Gasteiger partial charge in [0.25, 0.3) is 0 Å². The molecule has 0 aliphatic carbocycles. The smallest absolute Gasteiger partial charge is 0.222 e. The molecule has 0 aromatic carbocycles. The fourth-order valence-electron chi connectivity index (χ4n) is 1.50. The summed E-state index contributed by atoms with van der Waals surface area (Å²) < 4.78 is 24.1. The van der Waals surface area contributed by atoms with Gasteiger partial charge in [-0.05, 0) is 18.9 Å². The van der Waals surface area contributed by atoms with Crippen LogP contribution in [-0.4, -0.2) is 48.6 Å². The van der Waals surface area contributed by atoms with Gasteiger partial charge >= 0.3 is 0 Å². The molecule has 0 radical (unpaired) electrons. The topological polar surface area (TPSA) is 75.2 Å². The van der Waals surface area contributed by atoms with Gasteiger partial charge in [0.1, 0.15) is 0 Å².